The molecule has 0 aliphatic heterocycles. The molecule has 1 aromatic carbocycles. The average Bonchev–Trinajstić information content (AvgIpc) is 2.03. The van der Waals surface area contributed by atoms with Gasteiger partial charge >= 0.3 is 0 Å². The summed E-state index contributed by atoms with van der Waals surface area (Å²) < 4.78 is 5.10. The van der Waals surface area contributed by atoms with Crippen molar-refractivity contribution in [1.82, 2.24) is 0 Å². The monoisotopic (exact) mass is 228 g/mol. The molecule has 0 bridgehead atoms. The average molecular weight is 229 g/mol. The van der Waals surface area contributed by atoms with Crippen molar-refractivity contribution in [2.75, 3.05) is 0 Å². The van der Waals surface area contributed by atoms with Gasteiger partial charge in [0.15, 0.2) is 16.3 Å². The second-order valence-corrected chi connectivity index (χ2v) is 3.60. The number of rotatable bonds is 2. The van der Waals surface area contributed by atoms with Crippen molar-refractivity contribution in [3.05, 3.63) is 29.3 Å². The summed E-state index contributed by atoms with van der Waals surface area (Å²) in [5.74, 6) is 1.42. The van der Waals surface area contributed by atoms with E-state index in [4.69, 9.17) is 3.83 Å². The highest BCUT2D eigenvalue weighted by molar-refractivity contribution is 9.06. The number of aryl methyl sites for hydroxylation is 1. The van der Waals surface area contributed by atoms with E-state index in [-0.39, 0.29) is 0 Å². The SMILES string of the molecule is Cc1ccc(C(C)C)c(OBr)c1. The van der Waals surface area contributed by atoms with Crippen LogP contribution in [-0.2, 0) is 0 Å². The Balaban J connectivity index is 3.11. The summed E-state index contributed by atoms with van der Waals surface area (Å²) in [6.07, 6.45) is 0. The summed E-state index contributed by atoms with van der Waals surface area (Å²) in [6.45, 7) is 6.36. The predicted molar refractivity (Wildman–Crippen MR) is 54.8 cm³/mol. The van der Waals surface area contributed by atoms with Gasteiger partial charge in [0.2, 0.25) is 0 Å². The standard InChI is InChI=1S/C10H13BrO/c1-7(2)9-5-4-8(3)6-10(9)12-11/h4-7H,1-3H3. The highest BCUT2D eigenvalue weighted by Gasteiger charge is 2.06. The number of halogens is 1. The molecule has 2 heteroatoms. The lowest BCUT2D eigenvalue weighted by Crippen LogP contribution is -1.91. The van der Waals surface area contributed by atoms with Crippen LogP contribution in [0.4, 0.5) is 0 Å². The second-order valence-electron chi connectivity index (χ2n) is 3.27. The number of hydrogen-bond donors (Lipinski definition) is 0. The van der Waals surface area contributed by atoms with E-state index < -0.39 is 0 Å². The Kier molecular flexibility index (Phi) is 3.15. The van der Waals surface area contributed by atoms with Gasteiger partial charge in [-0.15, -0.1) is 0 Å². The minimum atomic E-state index is 0.498. The van der Waals surface area contributed by atoms with Crippen LogP contribution in [-0.4, -0.2) is 0 Å². The Bertz CT molecular complexity index is 269. The molecular formula is C10H13BrO. The zero-order valence-electron chi connectivity index (χ0n) is 7.60. The molecule has 0 fully saturated rings. The smallest absolute Gasteiger partial charge is 0.179 e. The Morgan fingerprint density at radius 3 is 2.50 bits per heavy atom. The lowest BCUT2D eigenvalue weighted by atomic mass is 10.0. The molecule has 0 saturated heterocycles. The van der Waals surface area contributed by atoms with E-state index in [0.29, 0.717) is 5.92 Å². The van der Waals surface area contributed by atoms with E-state index in [9.17, 15) is 0 Å². The van der Waals surface area contributed by atoms with Crippen LogP contribution in [0, 0.1) is 6.92 Å². The van der Waals surface area contributed by atoms with E-state index in [2.05, 4.69) is 49.2 Å². The van der Waals surface area contributed by atoms with Crippen LogP contribution >= 0.6 is 16.3 Å². The molecule has 0 unspecified atom stereocenters. The van der Waals surface area contributed by atoms with Crippen LogP contribution in [0.5, 0.6) is 5.75 Å². The summed E-state index contributed by atoms with van der Waals surface area (Å²) in [5, 5.41) is 0. The third-order valence-corrected chi connectivity index (χ3v) is 2.22. The first-order chi connectivity index (χ1) is 5.65. The summed E-state index contributed by atoms with van der Waals surface area (Å²) >= 11 is 3.01. The Morgan fingerprint density at radius 1 is 1.33 bits per heavy atom. The second kappa shape index (κ2) is 3.94. The van der Waals surface area contributed by atoms with Crippen LogP contribution in [0.15, 0.2) is 18.2 Å². The van der Waals surface area contributed by atoms with Gasteiger partial charge in [-0.2, -0.15) is 0 Å². The van der Waals surface area contributed by atoms with Crippen molar-refractivity contribution in [2.24, 2.45) is 0 Å². The Morgan fingerprint density at radius 2 is 2.00 bits per heavy atom. The molecule has 1 nitrogen and oxygen atoms in total. The highest BCUT2D eigenvalue weighted by Crippen LogP contribution is 2.28. The van der Waals surface area contributed by atoms with Crippen molar-refractivity contribution in [1.29, 1.82) is 0 Å². The van der Waals surface area contributed by atoms with Gasteiger partial charge in [-0.1, -0.05) is 26.0 Å². The molecule has 0 radical (unpaired) electrons. The fraction of sp³-hybridized carbons (Fsp3) is 0.400. The molecule has 0 saturated carbocycles. The van der Waals surface area contributed by atoms with Gasteiger partial charge in [0, 0.05) is 0 Å². The van der Waals surface area contributed by atoms with Gasteiger partial charge in [0.25, 0.3) is 0 Å². The molecule has 0 aliphatic carbocycles. The zero-order valence-corrected chi connectivity index (χ0v) is 9.18. The van der Waals surface area contributed by atoms with Gasteiger partial charge < -0.3 is 3.83 Å². The quantitative estimate of drug-likeness (QED) is 0.749. The maximum atomic E-state index is 5.10. The fourth-order valence-electron chi connectivity index (χ4n) is 1.19. The van der Waals surface area contributed by atoms with Crippen molar-refractivity contribution in [2.45, 2.75) is 26.7 Å². The first-order valence-electron chi connectivity index (χ1n) is 4.04. The van der Waals surface area contributed by atoms with E-state index in [0.717, 1.165) is 5.75 Å². The normalized spacial score (nSPS) is 10.4. The molecule has 0 N–H and O–H groups in total. The summed E-state index contributed by atoms with van der Waals surface area (Å²) in [7, 11) is 0. The molecule has 0 spiro atoms. The number of hydrogen-bond acceptors (Lipinski definition) is 1. The zero-order chi connectivity index (χ0) is 9.14. The van der Waals surface area contributed by atoms with Crippen molar-refractivity contribution in [3.8, 4) is 5.75 Å². The van der Waals surface area contributed by atoms with Crippen molar-refractivity contribution in [3.63, 3.8) is 0 Å². The number of benzene rings is 1. The van der Waals surface area contributed by atoms with E-state index in [1.54, 1.807) is 0 Å². The van der Waals surface area contributed by atoms with Crippen molar-refractivity contribution >= 4 is 16.3 Å². The topological polar surface area (TPSA) is 9.23 Å². The molecule has 12 heavy (non-hydrogen) atoms. The first kappa shape index (κ1) is 9.59. The van der Waals surface area contributed by atoms with E-state index >= 15 is 0 Å². The van der Waals surface area contributed by atoms with Crippen molar-refractivity contribution < 1.29 is 3.83 Å². The molecule has 1 aromatic rings. The Hall–Kier alpha value is -0.500. The maximum absolute atomic E-state index is 5.10. The van der Waals surface area contributed by atoms with Crippen LogP contribution in [0.3, 0.4) is 0 Å². The van der Waals surface area contributed by atoms with Crippen LogP contribution < -0.4 is 3.83 Å². The Labute approximate surface area is 82.2 Å². The van der Waals surface area contributed by atoms with E-state index in [1.165, 1.54) is 11.1 Å². The van der Waals surface area contributed by atoms with Crippen LogP contribution in [0.2, 0.25) is 0 Å². The predicted octanol–water partition coefficient (Wildman–Crippen LogP) is 3.81. The molecule has 1 rings (SSSR count). The lowest BCUT2D eigenvalue weighted by Gasteiger charge is -2.10. The maximum Gasteiger partial charge on any atom is 0.179 e. The van der Waals surface area contributed by atoms with Gasteiger partial charge in [-0.25, -0.2) is 0 Å². The molecule has 0 atom stereocenters. The molecule has 0 heterocycles. The largest absolute Gasteiger partial charge is 0.418 e. The molecule has 66 valence electrons. The summed E-state index contributed by atoms with van der Waals surface area (Å²) in [4.78, 5) is 0. The minimum absolute atomic E-state index is 0.498. The van der Waals surface area contributed by atoms with Gasteiger partial charge in [-0.05, 0) is 30.0 Å². The highest BCUT2D eigenvalue weighted by atomic mass is 79.9. The van der Waals surface area contributed by atoms with Gasteiger partial charge in [-0.3, -0.25) is 0 Å². The van der Waals surface area contributed by atoms with Gasteiger partial charge in [0.05, 0.1) is 0 Å². The molecular weight excluding hydrogens is 216 g/mol. The molecule has 0 aliphatic rings. The third-order valence-electron chi connectivity index (χ3n) is 1.87. The fourth-order valence-corrected chi connectivity index (χ4v) is 1.47. The van der Waals surface area contributed by atoms with Crippen LogP contribution in [0.25, 0.3) is 0 Å². The first-order valence-corrected chi connectivity index (χ1v) is 4.69. The summed E-state index contributed by atoms with van der Waals surface area (Å²) in [6, 6.07) is 6.24. The lowest BCUT2D eigenvalue weighted by molar-refractivity contribution is 0.651. The molecule has 0 amide bonds. The van der Waals surface area contributed by atoms with E-state index in [1.807, 2.05) is 6.07 Å². The summed E-state index contributed by atoms with van der Waals surface area (Å²) in [5.41, 5.74) is 2.45. The molecule has 0 aromatic heterocycles. The van der Waals surface area contributed by atoms with Gasteiger partial charge in [0.1, 0.15) is 5.75 Å². The third kappa shape index (κ3) is 2.01. The van der Waals surface area contributed by atoms with Crippen LogP contribution in [0.1, 0.15) is 30.9 Å². The minimum Gasteiger partial charge on any atom is -0.418 e.